The van der Waals surface area contributed by atoms with Crippen molar-refractivity contribution in [3.8, 4) is 0 Å². The second-order valence-corrected chi connectivity index (χ2v) is 7.41. The molecular weight excluding hydrogens is 445 g/mol. The number of hydrogen-bond acceptors (Lipinski definition) is 4. The largest absolute Gasteiger partial charge is 0.348 e. The summed E-state index contributed by atoms with van der Waals surface area (Å²) in [4.78, 5) is 17.9. The van der Waals surface area contributed by atoms with Crippen LogP contribution in [0, 0.1) is 0 Å². The highest BCUT2D eigenvalue weighted by Crippen LogP contribution is 2.29. The van der Waals surface area contributed by atoms with E-state index >= 15 is 0 Å². The topological polar surface area (TPSA) is 54.0 Å². The first-order chi connectivity index (χ1) is 11.2. The molecular formula is C17H20BrCl2N3OS. The van der Waals surface area contributed by atoms with Crippen molar-refractivity contribution in [3.63, 3.8) is 0 Å². The minimum Gasteiger partial charge on any atom is -0.348 e. The van der Waals surface area contributed by atoms with Crippen molar-refractivity contribution >= 4 is 58.4 Å². The third-order valence-electron chi connectivity index (χ3n) is 3.68. The highest BCUT2D eigenvalue weighted by molar-refractivity contribution is 9.10. The van der Waals surface area contributed by atoms with Crippen molar-refractivity contribution in [3.05, 3.63) is 52.6 Å². The fraction of sp³-hybridized carbons (Fsp3) is 0.294. The van der Waals surface area contributed by atoms with E-state index in [1.54, 1.807) is 6.20 Å². The average molecular weight is 465 g/mol. The summed E-state index contributed by atoms with van der Waals surface area (Å²) in [6.07, 6.45) is 3.89. The van der Waals surface area contributed by atoms with Gasteiger partial charge in [-0.05, 0) is 59.6 Å². The summed E-state index contributed by atoms with van der Waals surface area (Å²) < 4.78 is 0.942. The Morgan fingerprint density at radius 1 is 1.24 bits per heavy atom. The number of amides is 1. The van der Waals surface area contributed by atoms with E-state index in [-0.39, 0.29) is 36.8 Å². The zero-order valence-electron chi connectivity index (χ0n) is 13.4. The van der Waals surface area contributed by atoms with Gasteiger partial charge < -0.3 is 10.6 Å². The molecule has 0 unspecified atom stereocenters. The number of nitrogens with zero attached hydrogens (tertiary/aromatic N) is 1. The van der Waals surface area contributed by atoms with E-state index in [0.717, 1.165) is 40.3 Å². The lowest BCUT2D eigenvalue weighted by Crippen LogP contribution is -2.45. The number of aromatic nitrogens is 1. The first-order valence-electron chi connectivity index (χ1n) is 7.62. The summed E-state index contributed by atoms with van der Waals surface area (Å²) in [5.41, 5.74) is 0.702. The lowest BCUT2D eigenvalue weighted by Gasteiger charge is -2.24. The quantitative estimate of drug-likeness (QED) is 0.707. The van der Waals surface area contributed by atoms with Crippen LogP contribution in [0.15, 0.2) is 57.0 Å². The van der Waals surface area contributed by atoms with Gasteiger partial charge in [-0.2, -0.15) is 0 Å². The Hall–Kier alpha value is -0.790. The van der Waals surface area contributed by atoms with Crippen molar-refractivity contribution in [1.29, 1.82) is 0 Å². The normalized spacial score (nSPS) is 16.3. The fourth-order valence-corrected chi connectivity index (χ4v) is 3.64. The molecule has 1 amide bonds. The number of rotatable bonds is 4. The average Bonchev–Trinajstić information content (AvgIpc) is 2.58. The summed E-state index contributed by atoms with van der Waals surface area (Å²) in [5.74, 6) is -0.0149. The second kappa shape index (κ2) is 11.0. The van der Waals surface area contributed by atoms with Gasteiger partial charge >= 0.3 is 0 Å². The molecule has 0 saturated carbocycles. The molecule has 1 aliphatic rings. The number of pyridine rings is 1. The second-order valence-electron chi connectivity index (χ2n) is 5.43. The van der Waals surface area contributed by atoms with Crippen LogP contribution in [-0.4, -0.2) is 30.0 Å². The third kappa shape index (κ3) is 6.46. The third-order valence-corrected chi connectivity index (χ3v) is 5.17. The SMILES string of the molecule is Cl.Cl.O=C(N[C@H]1CCCNC1)c1ccccc1Sc1ccc(Br)cn1. The predicted molar refractivity (Wildman–Crippen MR) is 110 cm³/mol. The first kappa shape index (κ1) is 22.3. The van der Waals surface area contributed by atoms with Crippen molar-refractivity contribution in [1.82, 2.24) is 15.6 Å². The molecule has 1 aromatic carbocycles. The Morgan fingerprint density at radius 3 is 2.72 bits per heavy atom. The number of halogens is 3. The predicted octanol–water partition coefficient (Wildman–Crippen LogP) is 4.32. The van der Waals surface area contributed by atoms with Gasteiger partial charge in [-0.3, -0.25) is 4.79 Å². The molecule has 1 saturated heterocycles. The smallest absolute Gasteiger partial charge is 0.252 e. The molecule has 1 atom stereocenters. The van der Waals surface area contributed by atoms with Gasteiger partial charge in [0.1, 0.15) is 5.03 Å². The number of carbonyl (C=O) groups is 1. The van der Waals surface area contributed by atoms with Crippen LogP contribution in [0.1, 0.15) is 23.2 Å². The van der Waals surface area contributed by atoms with Gasteiger partial charge in [0.25, 0.3) is 5.91 Å². The summed E-state index contributed by atoms with van der Waals surface area (Å²) in [6, 6.07) is 11.8. The molecule has 2 heterocycles. The maximum Gasteiger partial charge on any atom is 0.252 e. The van der Waals surface area contributed by atoms with Crippen molar-refractivity contribution in [2.45, 2.75) is 28.8 Å². The van der Waals surface area contributed by atoms with Crippen LogP contribution in [0.25, 0.3) is 0 Å². The van der Waals surface area contributed by atoms with E-state index in [2.05, 4.69) is 31.5 Å². The molecule has 8 heteroatoms. The summed E-state index contributed by atoms with van der Waals surface area (Å²) in [5, 5.41) is 7.31. The molecule has 25 heavy (non-hydrogen) atoms. The minimum atomic E-state index is -0.0149. The molecule has 0 radical (unpaired) electrons. The van der Waals surface area contributed by atoms with E-state index < -0.39 is 0 Å². The molecule has 2 N–H and O–H groups in total. The maximum absolute atomic E-state index is 12.6. The number of benzene rings is 1. The summed E-state index contributed by atoms with van der Waals surface area (Å²) >= 11 is 4.89. The highest BCUT2D eigenvalue weighted by Gasteiger charge is 2.18. The Labute approximate surface area is 172 Å². The molecule has 1 aliphatic heterocycles. The summed E-state index contributed by atoms with van der Waals surface area (Å²) in [6.45, 7) is 1.88. The van der Waals surface area contributed by atoms with E-state index in [1.165, 1.54) is 11.8 Å². The van der Waals surface area contributed by atoms with Gasteiger partial charge in [0.2, 0.25) is 0 Å². The van der Waals surface area contributed by atoms with Crippen molar-refractivity contribution < 1.29 is 4.79 Å². The standard InChI is InChI=1S/C17H18BrN3OS.2ClH/c18-12-7-8-16(20-10-12)23-15-6-2-1-5-14(15)17(22)21-13-4-3-9-19-11-13;;/h1-2,5-8,10,13,19H,3-4,9,11H2,(H,21,22);2*1H/t13-;;/m0../s1. The molecule has 0 spiro atoms. The summed E-state index contributed by atoms with van der Waals surface area (Å²) in [7, 11) is 0. The molecule has 4 nitrogen and oxygen atoms in total. The fourth-order valence-electron chi connectivity index (χ4n) is 2.52. The van der Waals surface area contributed by atoms with Gasteiger partial charge in [-0.25, -0.2) is 4.98 Å². The number of hydrogen-bond donors (Lipinski definition) is 2. The van der Waals surface area contributed by atoms with Crippen LogP contribution in [0.4, 0.5) is 0 Å². The Balaban J connectivity index is 0.00000156. The molecule has 3 rings (SSSR count). The van der Waals surface area contributed by atoms with Crippen LogP contribution in [0.2, 0.25) is 0 Å². The molecule has 1 aromatic heterocycles. The van der Waals surface area contributed by atoms with Crippen LogP contribution < -0.4 is 10.6 Å². The van der Waals surface area contributed by atoms with E-state index in [0.29, 0.717) is 5.56 Å². The van der Waals surface area contributed by atoms with Crippen molar-refractivity contribution in [2.75, 3.05) is 13.1 Å². The molecule has 0 aliphatic carbocycles. The van der Waals surface area contributed by atoms with Crippen LogP contribution >= 0.6 is 52.5 Å². The van der Waals surface area contributed by atoms with Crippen LogP contribution in [0.3, 0.4) is 0 Å². The van der Waals surface area contributed by atoms with Gasteiger partial charge in [-0.1, -0.05) is 23.9 Å². The zero-order chi connectivity index (χ0) is 16.1. The van der Waals surface area contributed by atoms with E-state index in [9.17, 15) is 4.79 Å². The molecule has 136 valence electrons. The van der Waals surface area contributed by atoms with Crippen LogP contribution in [-0.2, 0) is 0 Å². The molecule has 1 fully saturated rings. The Morgan fingerprint density at radius 2 is 2.04 bits per heavy atom. The molecule has 0 bridgehead atoms. The minimum absolute atomic E-state index is 0. The van der Waals surface area contributed by atoms with Gasteiger partial charge in [0.15, 0.2) is 0 Å². The van der Waals surface area contributed by atoms with Gasteiger partial charge in [-0.15, -0.1) is 24.8 Å². The maximum atomic E-state index is 12.6. The number of nitrogens with one attached hydrogen (secondary N) is 2. The van der Waals surface area contributed by atoms with Crippen molar-refractivity contribution in [2.24, 2.45) is 0 Å². The van der Waals surface area contributed by atoms with Gasteiger partial charge in [0, 0.05) is 28.2 Å². The Kier molecular flexibility index (Phi) is 9.82. The first-order valence-corrected chi connectivity index (χ1v) is 9.23. The van der Waals surface area contributed by atoms with E-state index in [1.807, 2.05) is 36.4 Å². The molecule has 2 aromatic rings. The Bertz CT molecular complexity index is 682. The number of carbonyl (C=O) groups excluding carboxylic acids is 1. The van der Waals surface area contributed by atoms with Crippen LogP contribution in [0.5, 0.6) is 0 Å². The lowest BCUT2D eigenvalue weighted by molar-refractivity contribution is 0.0927. The highest BCUT2D eigenvalue weighted by atomic mass is 79.9. The zero-order valence-corrected chi connectivity index (χ0v) is 17.4. The van der Waals surface area contributed by atoms with Gasteiger partial charge in [0.05, 0.1) is 5.56 Å². The number of piperidine rings is 1. The lowest BCUT2D eigenvalue weighted by atomic mass is 10.1. The monoisotopic (exact) mass is 463 g/mol. The van der Waals surface area contributed by atoms with E-state index in [4.69, 9.17) is 0 Å².